The first-order valence-corrected chi connectivity index (χ1v) is 10.8. The van der Waals surface area contributed by atoms with E-state index in [1.165, 1.54) is 0 Å². The summed E-state index contributed by atoms with van der Waals surface area (Å²) in [4.78, 5) is 0. The molecule has 0 amide bonds. The average Bonchev–Trinajstić information content (AvgIpc) is 3.19. The number of hydrogen-bond acceptors (Lipinski definition) is 8. The molecule has 4 rings (SSSR count). The van der Waals surface area contributed by atoms with Crippen LogP contribution in [0.3, 0.4) is 0 Å². The molecular formula is C23H27ClO8. The van der Waals surface area contributed by atoms with Crippen molar-refractivity contribution >= 4 is 11.6 Å². The van der Waals surface area contributed by atoms with Crippen molar-refractivity contribution in [2.24, 2.45) is 0 Å². The summed E-state index contributed by atoms with van der Waals surface area (Å²) in [6.07, 6.45) is -6.03. The van der Waals surface area contributed by atoms with E-state index in [1.54, 1.807) is 18.2 Å². The van der Waals surface area contributed by atoms with Gasteiger partial charge in [-0.25, -0.2) is 0 Å². The fraction of sp³-hybridized carbons (Fsp3) is 0.478. The van der Waals surface area contributed by atoms with Crippen molar-refractivity contribution in [3.63, 3.8) is 0 Å². The first kappa shape index (κ1) is 23.4. The first-order valence-electron chi connectivity index (χ1n) is 10.4. The third-order valence-corrected chi connectivity index (χ3v) is 6.57. The lowest BCUT2D eigenvalue weighted by Gasteiger charge is -2.47. The van der Waals surface area contributed by atoms with E-state index in [9.17, 15) is 25.5 Å². The van der Waals surface area contributed by atoms with E-state index >= 15 is 0 Å². The zero-order valence-electron chi connectivity index (χ0n) is 17.5. The summed E-state index contributed by atoms with van der Waals surface area (Å²) in [6, 6.07) is 12.5. The van der Waals surface area contributed by atoms with Crippen LogP contribution in [0, 0.1) is 0 Å². The molecule has 1 unspecified atom stereocenters. The maximum Gasteiger partial charge on any atom is 0.225 e. The van der Waals surface area contributed by atoms with Crippen LogP contribution in [0.15, 0.2) is 42.5 Å². The Morgan fingerprint density at radius 1 is 1.12 bits per heavy atom. The van der Waals surface area contributed by atoms with Gasteiger partial charge in [0.25, 0.3) is 0 Å². The van der Waals surface area contributed by atoms with Gasteiger partial charge in [0.15, 0.2) is 5.60 Å². The summed E-state index contributed by atoms with van der Waals surface area (Å²) in [5, 5.41) is 52.0. The molecule has 2 aliphatic rings. The highest BCUT2D eigenvalue weighted by atomic mass is 35.5. The maximum atomic E-state index is 10.8. The van der Waals surface area contributed by atoms with Crippen molar-refractivity contribution < 1.29 is 39.7 Å². The number of ether oxygens (including phenoxy) is 3. The molecule has 174 valence electrons. The van der Waals surface area contributed by atoms with Gasteiger partial charge in [0, 0.05) is 10.6 Å². The van der Waals surface area contributed by atoms with Crippen molar-refractivity contribution in [2.45, 2.75) is 49.1 Å². The van der Waals surface area contributed by atoms with Crippen LogP contribution in [0.4, 0.5) is 0 Å². The monoisotopic (exact) mass is 466 g/mol. The number of fused-ring (bicyclic) bond motifs is 2. The molecular weight excluding hydrogens is 440 g/mol. The predicted octanol–water partition coefficient (Wildman–Crippen LogP) is 0.717. The van der Waals surface area contributed by atoms with Crippen LogP contribution in [0.2, 0.25) is 5.02 Å². The minimum atomic E-state index is -1.84. The van der Waals surface area contributed by atoms with E-state index in [2.05, 4.69) is 0 Å². The molecule has 2 saturated heterocycles. The molecule has 32 heavy (non-hydrogen) atoms. The summed E-state index contributed by atoms with van der Waals surface area (Å²) in [7, 11) is 0. The van der Waals surface area contributed by atoms with Crippen molar-refractivity contribution in [3.8, 4) is 5.75 Å². The van der Waals surface area contributed by atoms with E-state index in [-0.39, 0.29) is 6.61 Å². The molecule has 2 aliphatic heterocycles. The zero-order valence-corrected chi connectivity index (χ0v) is 18.3. The van der Waals surface area contributed by atoms with Gasteiger partial charge < -0.3 is 39.7 Å². The summed E-state index contributed by atoms with van der Waals surface area (Å²) in [5.74, 6) is -1.08. The number of aliphatic hydroxyl groups excluding tert-OH is 5. The molecule has 0 aliphatic carbocycles. The molecule has 0 radical (unpaired) electrons. The number of hydrogen-bond donors (Lipinski definition) is 5. The molecule has 0 saturated carbocycles. The first-order chi connectivity index (χ1) is 15.3. The van der Waals surface area contributed by atoms with Gasteiger partial charge in [-0.15, -0.1) is 0 Å². The molecule has 5 N–H and O–H groups in total. The third kappa shape index (κ3) is 3.70. The molecule has 2 heterocycles. The minimum Gasteiger partial charge on any atom is -0.494 e. The Balaban J connectivity index is 1.68. The van der Waals surface area contributed by atoms with Crippen LogP contribution < -0.4 is 4.74 Å². The summed E-state index contributed by atoms with van der Waals surface area (Å²) in [6.45, 7) is 1.43. The second-order valence-corrected chi connectivity index (χ2v) is 8.56. The fourth-order valence-electron chi connectivity index (χ4n) is 4.39. The average molecular weight is 467 g/mol. The third-order valence-electron chi connectivity index (χ3n) is 6.20. The molecule has 9 heteroatoms. The molecule has 8 nitrogen and oxygen atoms in total. The quantitative estimate of drug-likeness (QED) is 0.403. The van der Waals surface area contributed by atoms with E-state index in [1.807, 2.05) is 31.2 Å². The molecule has 0 aromatic heterocycles. The molecule has 0 spiro atoms. The van der Waals surface area contributed by atoms with Gasteiger partial charge in [0.1, 0.15) is 30.2 Å². The van der Waals surface area contributed by atoms with Gasteiger partial charge in [-0.2, -0.15) is 0 Å². The van der Waals surface area contributed by atoms with Gasteiger partial charge in [0.2, 0.25) is 5.79 Å². The molecule has 2 fully saturated rings. The minimum absolute atomic E-state index is 0.332. The normalized spacial score (nSPS) is 32.7. The topological polar surface area (TPSA) is 129 Å². The summed E-state index contributed by atoms with van der Waals surface area (Å²) >= 11 is 6.42. The van der Waals surface area contributed by atoms with E-state index in [0.29, 0.717) is 23.6 Å². The lowest BCUT2D eigenvalue weighted by atomic mass is 9.80. The Bertz CT molecular complexity index is 954. The number of benzene rings is 2. The largest absolute Gasteiger partial charge is 0.494 e. The molecule has 6 atom stereocenters. The number of rotatable bonds is 7. The highest BCUT2D eigenvalue weighted by Crippen LogP contribution is 2.51. The van der Waals surface area contributed by atoms with Crippen molar-refractivity contribution in [2.75, 3.05) is 19.8 Å². The Kier molecular flexibility index (Phi) is 6.50. The Labute approximate surface area is 190 Å². The summed E-state index contributed by atoms with van der Waals surface area (Å²) in [5.41, 5.74) is 0.279. The van der Waals surface area contributed by atoms with E-state index < -0.39 is 42.4 Å². The Hall–Kier alpha value is -1.75. The second-order valence-electron chi connectivity index (χ2n) is 8.15. The van der Waals surface area contributed by atoms with Gasteiger partial charge in [-0.3, -0.25) is 0 Å². The number of halogens is 1. The van der Waals surface area contributed by atoms with Crippen LogP contribution in [-0.2, 0) is 21.7 Å². The van der Waals surface area contributed by atoms with Crippen LogP contribution in [0.1, 0.15) is 23.6 Å². The van der Waals surface area contributed by atoms with Crippen LogP contribution in [0.5, 0.6) is 5.75 Å². The van der Waals surface area contributed by atoms with Gasteiger partial charge in [-0.1, -0.05) is 29.8 Å². The SMILES string of the molecule is CCOc1ccc(Cc2cc([C@]34OC[C@](C(O)CO)(O3)[C@@H](O)[C@H](O)[C@H]4O)ccc2Cl)cc1. The molecule has 2 bridgehead atoms. The van der Waals surface area contributed by atoms with E-state index in [0.717, 1.165) is 16.9 Å². The lowest BCUT2D eigenvalue weighted by molar-refractivity contribution is -0.339. The standard InChI is InChI=1S/C23H27ClO8/c1-2-30-16-6-3-13(4-7-16)9-14-10-15(5-8-17(14)24)23-21(29)19(27)20(28)22(32-23,12-31-23)18(26)11-25/h3-8,10,18-21,25-29H,2,9,11-12H2,1H3/t18?,19-,20-,21+,22+,23-/m0/s1. The van der Waals surface area contributed by atoms with Gasteiger partial charge in [0.05, 0.1) is 19.8 Å². The fourth-order valence-corrected chi connectivity index (χ4v) is 4.57. The van der Waals surface area contributed by atoms with Crippen LogP contribution >= 0.6 is 11.6 Å². The lowest BCUT2D eigenvalue weighted by Crippen LogP contribution is -2.68. The maximum absolute atomic E-state index is 10.8. The van der Waals surface area contributed by atoms with Gasteiger partial charge >= 0.3 is 0 Å². The molecule has 2 aromatic carbocycles. The van der Waals surface area contributed by atoms with Crippen molar-refractivity contribution in [1.82, 2.24) is 0 Å². The summed E-state index contributed by atoms with van der Waals surface area (Å²) < 4.78 is 17.2. The van der Waals surface area contributed by atoms with Crippen molar-refractivity contribution in [3.05, 3.63) is 64.2 Å². The van der Waals surface area contributed by atoms with Crippen LogP contribution in [0.25, 0.3) is 0 Å². The predicted molar refractivity (Wildman–Crippen MR) is 114 cm³/mol. The van der Waals surface area contributed by atoms with Crippen molar-refractivity contribution in [1.29, 1.82) is 0 Å². The Morgan fingerprint density at radius 2 is 1.84 bits per heavy atom. The Morgan fingerprint density at radius 3 is 2.50 bits per heavy atom. The zero-order chi connectivity index (χ0) is 23.1. The highest BCUT2D eigenvalue weighted by Gasteiger charge is 2.69. The molecule has 2 aromatic rings. The second kappa shape index (κ2) is 8.89. The smallest absolute Gasteiger partial charge is 0.225 e. The highest BCUT2D eigenvalue weighted by molar-refractivity contribution is 6.31. The van der Waals surface area contributed by atoms with E-state index in [4.69, 9.17) is 25.8 Å². The van der Waals surface area contributed by atoms with Crippen LogP contribution in [-0.4, -0.2) is 75.4 Å². The van der Waals surface area contributed by atoms with Gasteiger partial charge in [-0.05, 0) is 48.7 Å². The number of aliphatic hydroxyl groups is 5.